The Morgan fingerprint density at radius 1 is 1.91 bits per heavy atom. The van der Waals surface area contributed by atoms with Crippen molar-refractivity contribution in [3.63, 3.8) is 0 Å². The van der Waals surface area contributed by atoms with Gasteiger partial charge in [0.2, 0.25) is 0 Å². The van der Waals surface area contributed by atoms with Crippen molar-refractivity contribution >= 4 is 5.97 Å². The number of nitrogens with zero attached hydrogens (tertiary/aromatic N) is 2. The number of hydrogen-bond donors (Lipinski definition) is 1. The predicted molar refractivity (Wildman–Crippen MR) is 34.6 cm³/mol. The van der Waals surface area contributed by atoms with Gasteiger partial charge in [0.15, 0.2) is 5.69 Å². The van der Waals surface area contributed by atoms with E-state index in [0.29, 0.717) is 0 Å². The molecule has 0 atom stereocenters. The van der Waals surface area contributed by atoms with Gasteiger partial charge in [0.1, 0.15) is 11.6 Å². The summed E-state index contributed by atoms with van der Waals surface area (Å²) in [5.74, 6) is -0.584. The zero-order valence-electron chi connectivity index (χ0n) is 5.79. The Kier molecular flexibility index (Phi) is 1.88. The minimum absolute atomic E-state index is 0.0926. The molecule has 0 aliphatic rings. The summed E-state index contributed by atoms with van der Waals surface area (Å²) in [4.78, 5) is 10.8. The number of aromatic amines is 1. The van der Waals surface area contributed by atoms with Gasteiger partial charge in [-0.2, -0.15) is 10.4 Å². The Labute approximate surface area is 62.6 Å². The van der Waals surface area contributed by atoms with Crippen LogP contribution in [0.15, 0.2) is 6.20 Å². The summed E-state index contributed by atoms with van der Waals surface area (Å²) in [7, 11) is 1.24. The van der Waals surface area contributed by atoms with Crippen molar-refractivity contribution in [3.8, 4) is 6.07 Å². The van der Waals surface area contributed by atoms with Crippen LogP contribution in [-0.4, -0.2) is 23.3 Å². The molecule has 0 saturated heterocycles. The highest BCUT2D eigenvalue weighted by Crippen LogP contribution is 2.02. The van der Waals surface area contributed by atoms with Gasteiger partial charge in [-0.15, -0.1) is 0 Å². The van der Waals surface area contributed by atoms with E-state index in [1.807, 2.05) is 0 Å². The Morgan fingerprint density at radius 3 is 3.18 bits per heavy atom. The molecular weight excluding hydrogens is 146 g/mol. The minimum Gasteiger partial charge on any atom is -0.464 e. The van der Waals surface area contributed by atoms with Crippen LogP contribution < -0.4 is 0 Å². The summed E-state index contributed by atoms with van der Waals surface area (Å²) in [5, 5.41) is 14.3. The maximum absolute atomic E-state index is 10.8. The summed E-state index contributed by atoms with van der Waals surface area (Å²) in [6.45, 7) is 0. The van der Waals surface area contributed by atoms with Crippen molar-refractivity contribution < 1.29 is 9.53 Å². The first kappa shape index (κ1) is 7.28. The number of aromatic nitrogens is 2. The van der Waals surface area contributed by atoms with Crippen LogP contribution in [0.25, 0.3) is 0 Å². The maximum atomic E-state index is 10.8. The lowest BCUT2D eigenvalue weighted by Crippen LogP contribution is -2.03. The second-order valence-electron chi connectivity index (χ2n) is 1.76. The molecule has 1 N–H and O–H groups in total. The van der Waals surface area contributed by atoms with Crippen LogP contribution in [0, 0.1) is 11.3 Å². The number of esters is 1. The second-order valence-corrected chi connectivity index (χ2v) is 1.76. The van der Waals surface area contributed by atoms with Crippen molar-refractivity contribution in [2.45, 2.75) is 0 Å². The number of nitrogens with one attached hydrogen (secondary N) is 1. The van der Waals surface area contributed by atoms with E-state index in [4.69, 9.17) is 5.26 Å². The molecule has 0 amide bonds. The molecule has 0 spiro atoms. The average Bonchev–Trinajstić information content (AvgIpc) is 2.50. The number of carbonyl (C=O) groups excluding carboxylic acids is 1. The normalized spacial score (nSPS) is 8.73. The SMILES string of the molecule is COC(=O)c1[nH]ncc1C#N. The third kappa shape index (κ3) is 1.19. The van der Waals surface area contributed by atoms with Crippen molar-refractivity contribution in [2.24, 2.45) is 0 Å². The third-order valence-electron chi connectivity index (χ3n) is 1.15. The smallest absolute Gasteiger partial charge is 0.357 e. The molecule has 0 radical (unpaired) electrons. The highest BCUT2D eigenvalue weighted by atomic mass is 16.5. The van der Waals surface area contributed by atoms with Crippen LogP contribution in [0.5, 0.6) is 0 Å². The number of ether oxygens (including phenoxy) is 1. The lowest BCUT2D eigenvalue weighted by molar-refractivity contribution is 0.0593. The van der Waals surface area contributed by atoms with Gasteiger partial charge in [0, 0.05) is 0 Å². The molecule has 1 heterocycles. The molecule has 5 heteroatoms. The molecule has 0 unspecified atom stereocenters. The largest absolute Gasteiger partial charge is 0.464 e. The molecule has 1 rings (SSSR count). The van der Waals surface area contributed by atoms with Crippen LogP contribution in [0.3, 0.4) is 0 Å². The number of H-pyrrole nitrogens is 1. The Morgan fingerprint density at radius 2 is 2.64 bits per heavy atom. The van der Waals surface area contributed by atoms with Gasteiger partial charge in [-0.3, -0.25) is 5.10 Å². The molecule has 5 nitrogen and oxygen atoms in total. The van der Waals surface area contributed by atoms with Crippen LogP contribution in [0.1, 0.15) is 16.1 Å². The van der Waals surface area contributed by atoms with Crippen LogP contribution in [0.4, 0.5) is 0 Å². The molecule has 0 aliphatic carbocycles. The average molecular weight is 151 g/mol. The van der Waals surface area contributed by atoms with Gasteiger partial charge in [0.05, 0.1) is 13.3 Å². The first-order valence-corrected chi connectivity index (χ1v) is 2.81. The first-order valence-electron chi connectivity index (χ1n) is 2.81. The van der Waals surface area contributed by atoms with E-state index in [-0.39, 0.29) is 11.3 Å². The molecule has 56 valence electrons. The Hall–Kier alpha value is -1.83. The Balaban J connectivity index is 3.05. The fourth-order valence-corrected chi connectivity index (χ4v) is 0.629. The van der Waals surface area contributed by atoms with E-state index in [1.165, 1.54) is 13.3 Å². The van der Waals surface area contributed by atoms with Crippen LogP contribution in [0.2, 0.25) is 0 Å². The van der Waals surface area contributed by atoms with E-state index in [9.17, 15) is 4.79 Å². The first-order chi connectivity index (χ1) is 5.29. The second kappa shape index (κ2) is 2.84. The number of carbonyl (C=O) groups is 1. The van der Waals surface area contributed by atoms with Crippen molar-refractivity contribution in [3.05, 3.63) is 17.5 Å². The van der Waals surface area contributed by atoms with Crippen LogP contribution in [-0.2, 0) is 4.74 Å². The monoisotopic (exact) mass is 151 g/mol. The molecule has 0 fully saturated rings. The molecule has 0 bridgehead atoms. The number of nitriles is 1. The number of hydrogen-bond acceptors (Lipinski definition) is 4. The lowest BCUT2D eigenvalue weighted by atomic mass is 10.3. The molecule has 0 saturated carbocycles. The van der Waals surface area contributed by atoms with Gasteiger partial charge in [-0.1, -0.05) is 0 Å². The van der Waals surface area contributed by atoms with E-state index < -0.39 is 5.97 Å². The molecule has 11 heavy (non-hydrogen) atoms. The molecule has 0 aliphatic heterocycles. The van der Waals surface area contributed by atoms with E-state index in [0.717, 1.165) is 0 Å². The highest BCUT2D eigenvalue weighted by Gasteiger charge is 2.12. The number of rotatable bonds is 1. The van der Waals surface area contributed by atoms with Crippen molar-refractivity contribution in [2.75, 3.05) is 7.11 Å². The predicted octanol–water partition coefficient (Wildman–Crippen LogP) is 0.0680. The molecule has 0 aromatic carbocycles. The van der Waals surface area contributed by atoms with Gasteiger partial charge >= 0.3 is 5.97 Å². The van der Waals surface area contributed by atoms with Crippen LogP contribution >= 0.6 is 0 Å². The topological polar surface area (TPSA) is 78.8 Å². The summed E-state index contributed by atoms with van der Waals surface area (Å²) in [5.41, 5.74) is 0.284. The number of methoxy groups -OCH3 is 1. The zero-order chi connectivity index (χ0) is 8.27. The third-order valence-corrected chi connectivity index (χ3v) is 1.15. The van der Waals surface area contributed by atoms with E-state index >= 15 is 0 Å². The molecule has 1 aromatic heterocycles. The van der Waals surface area contributed by atoms with E-state index in [1.54, 1.807) is 6.07 Å². The van der Waals surface area contributed by atoms with Gasteiger partial charge in [0.25, 0.3) is 0 Å². The van der Waals surface area contributed by atoms with Gasteiger partial charge < -0.3 is 4.74 Å². The highest BCUT2D eigenvalue weighted by molar-refractivity contribution is 5.89. The summed E-state index contributed by atoms with van der Waals surface area (Å²) >= 11 is 0. The summed E-state index contributed by atoms with van der Waals surface area (Å²) in [6, 6.07) is 1.80. The minimum atomic E-state index is -0.584. The Bertz CT molecular complexity index is 310. The quantitative estimate of drug-likeness (QED) is 0.576. The lowest BCUT2D eigenvalue weighted by Gasteiger charge is -1.92. The summed E-state index contributed by atoms with van der Waals surface area (Å²) < 4.78 is 4.38. The zero-order valence-corrected chi connectivity index (χ0v) is 5.79. The fourth-order valence-electron chi connectivity index (χ4n) is 0.629. The molecular formula is C6H5N3O2. The van der Waals surface area contributed by atoms with Crippen molar-refractivity contribution in [1.29, 1.82) is 5.26 Å². The standard InChI is InChI=1S/C6H5N3O2/c1-11-6(10)5-4(2-7)3-8-9-5/h3H,1H3,(H,8,9). The fraction of sp³-hybridized carbons (Fsp3) is 0.167. The van der Waals surface area contributed by atoms with Crippen molar-refractivity contribution in [1.82, 2.24) is 10.2 Å². The maximum Gasteiger partial charge on any atom is 0.357 e. The summed E-state index contributed by atoms with van der Waals surface area (Å²) in [6.07, 6.45) is 1.27. The van der Waals surface area contributed by atoms with Gasteiger partial charge in [-0.25, -0.2) is 4.79 Å². The molecule has 1 aromatic rings. The van der Waals surface area contributed by atoms with E-state index in [2.05, 4.69) is 14.9 Å². The van der Waals surface area contributed by atoms with Gasteiger partial charge in [-0.05, 0) is 0 Å².